The average Bonchev–Trinajstić information content (AvgIpc) is 3.30. The SMILES string of the molecule is CCOC(=O)C1=C(C)N=c2s/c(=C/c3ccc4c(c3)n(C)c(=O)n4C)c(=O)n2[C@H]1c1ccc(OC)c(Br)c1. The number of benzene rings is 2. The van der Waals surface area contributed by atoms with Crippen molar-refractivity contribution < 1.29 is 14.3 Å². The summed E-state index contributed by atoms with van der Waals surface area (Å²) in [6.07, 6.45) is 1.78. The number of allylic oxidation sites excluding steroid dienone is 1. The minimum Gasteiger partial charge on any atom is -0.496 e. The van der Waals surface area contributed by atoms with Crippen molar-refractivity contribution in [1.29, 1.82) is 0 Å². The zero-order valence-corrected chi connectivity index (χ0v) is 23.8. The van der Waals surface area contributed by atoms with Crippen LogP contribution >= 0.6 is 27.3 Å². The molecule has 5 rings (SSSR count). The Hall–Kier alpha value is -3.70. The fourth-order valence-corrected chi connectivity index (χ4v) is 6.33. The van der Waals surface area contributed by atoms with Crippen LogP contribution in [0.1, 0.15) is 31.0 Å². The van der Waals surface area contributed by atoms with Gasteiger partial charge in [0.1, 0.15) is 5.75 Å². The van der Waals surface area contributed by atoms with Gasteiger partial charge in [-0.05, 0) is 71.2 Å². The van der Waals surface area contributed by atoms with Gasteiger partial charge in [-0.15, -0.1) is 0 Å². The van der Waals surface area contributed by atoms with Crippen LogP contribution in [-0.4, -0.2) is 33.4 Å². The second-order valence-corrected chi connectivity index (χ2v) is 10.7. The van der Waals surface area contributed by atoms with Crippen LogP contribution in [0.25, 0.3) is 17.1 Å². The molecule has 196 valence electrons. The molecule has 0 aliphatic carbocycles. The summed E-state index contributed by atoms with van der Waals surface area (Å²) in [6, 6.07) is 10.3. The molecule has 0 amide bonds. The summed E-state index contributed by atoms with van der Waals surface area (Å²) in [5.74, 6) is 0.112. The molecule has 0 spiro atoms. The molecule has 38 heavy (non-hydrogen) atoms. The summed E-state index contributed by atoms with van der Waals surface area (Å²) < 4.78 is 16.6. The Balaban J connectivity index is 1.73. The van der Waals surface area contributed by atoms with Crippen molar-refractivity contribution in [1.82, 2.24) is 13.7 Å². The lowest BCUT2D eigenvalue weighted by Gasteiger charge is -2.25. The number of imidazole rings is 1. The number of hydrogen-bond donors (Lipinski definition) is 0. The standard InChI is InChI=1S/C27H25BrN4O5S/c1-6-37-25(34)22-14(2)29-26-32(23(22)16-8-10-20(36-5)17(28)13-16)24(33)21(38-26)12-15-7-9-18-19(11-15)31(4)27(35)30(18)3/h7-13,23H,6H2,1-5H3/b21-12+/t23-/m0/s1. The van der Waals surface area contributed by atoms with Crippen LogP contribution in [-0.2, 0) is 23.6 Å². The Morgan fingerprint density at radius 3 is 2.55 bits per heavy atom. The first-order chi connectivity index (χ1) is 18.2. The molecule has 9 nitrogen and oxygen atoms in total. The van der Waals surface area contributed by atoms with Crippen molar-refractivity contribution >= 4 is 50.3 Å². The third kappa shape index (κ3) is 4.15. The van der Waals surface area contributed by atoms with Gasteiger partial charge in [0.05, 0.1) is 51.1 Å². The second-order valence-electron chi connectivity index (χ2n) is 8.85. The quantitative estimate of drug-likeness (QED) is 0.330. The molecule has 1 aliphatic rings. The highest BCUT2D eigenvalue weighted by Crippen LogP contribution is 2.35. The molecule has 0 N–H and O–H groups in total. The number of thiazole rings is 1. The normalized spacial score (nSPS) is 15.5. The summed E-state index contributed by atoms with van der Waals surface area (Å²) in [5.41, 5.74) is 3.46. The van der Waals surface area contributed by atoms with E-state index in [1.165, 1.54) is 11.3 Å². The number of aryl methyl sites for hydroxylation is 2. The Labute approximate surface area is 229 Å². The van der Waals surface area contributed by atoms with E-state index in [0.717, 1.165) is 16.6 Å². The van der Waals surface area contributed by atoms with E-state index in [2.05, 4.69) is 20.9 Å². The molecule has 2 aromatic heterocycles. The van der Waals surface area contributed by atoms with Gasteiger partial charge in [0.15, 0.2) is 4.80 Å². The molecular formula is C27H25BrN4O5S. The van der Waals surface area contributed by atoms with Gasteiger partial charge in [-0.2, -0.15) is 0 Å². The van der Waals surface area contributed by atoms with Crippen LogP contribution in [0.15, 0.2) is 66.7 Å². The number of halogens is 1. The molecule has 1 aliphatic heterocycles. The lowest BCUT2D eigenvalue weighted by Crippen LogP contribution is -2.39. The largest absolute Gasteiger partial charge is 0.496 e. The van der Waals surface area contributed by atoms with E-state index in [1.807, 2.05) is 30.3 Å². The van der Waals surface area contributed by atoms with E-state index >= 15 is 0 Å². The van der Waals surface area contributed by atoms with E-state index in [1.54, 1.807) is 60.9 Å². The van der Waals surface area contributed by atoms with Gasteiger partial charge in [0.25, 0.3) is 5.56 Å². The number of carbonyl (C=O) groups is 1. The van der Waals surface area contributed by atoms with Gasteiger partial charge in [-0.1, -0.05) is 23.5 Å². The van der Waals surface area contributed by atoms with Gasteiger partial charge in [0, 0.05) is 14.1 Å². The zero-order chi connectivity index (χ0) is 27.3. The van der Waals surface area contributed by atoms with Gasteiger partial charge < -0.3 is 9.47 Å². The number of methoxy groups -OCH3 is 1. The number of nitrogens with zero attached hydrogens (tertiary/aromatic N) is 4. The molecule has 11 heteroatoms. The molecule has 3 heterocycles. The summed E-state index contributed by atoms with van der Waals surface area (Å²) in [4.78, 5) is 44.4. The Morgan fingerprint density at radius 1 is 1.13 bits per heavy atom. The van der Waals surface area contributed by atoms with Gasteiger partial charge >= 0.3 is 11.7 Å². The summed E-state index contributed by atoms with van der Waals surface area (Å²) in [6.45, 7) is 3.68. The number of ether oxygens (including phenoxy) is 2. The smallest absolute Gasteiger partial charge is 0.338 e. The number of esters is 1. The minimum atomic E-state index is -0.730. The molecule has 0 unspecified atom stereocenters. The first-order valence-electron chi connectivity index (χ1n) is 11.8. The van der Waals surface area contributed by atoms with E-state index in [0.29, 0.717) is 36.4 Å². The maximum Gasteiger partial charge on any atom is 0.338 e. The number of hydrogen-bond acceptors (Lipinski definition) is 7. The first kappa shape index (κ1) is 25.9. The third-order valence-electron chi connectivity index (χ3n) is 6.60. The number of carbonyl (C=O) groups excluding carboxylic acids is 1. The van der Waals surface area contributed by atoms with Crippen LogP contribution in [0.5, 0.6) is 5.75 Å². The topological polar surface area (TPSA) is 96.8 Å². The highest BCUT2D eigenvalue weighted by Gasteiger charge is 2.33. The molecule has 0 fully saturated rings. The summed E-state index contributed by atoms with van der Waals surface area (Å²) >= 11 is 4.77. The number of rotatable bonds is 5. The van der Waals surface area contributed by atoms with E-state index in [4.69, 9.17) is 9.47 Å². The van der Waals surface area contributed by atoms with Gasteiger partial charge in [-0.3, -0.25) is 18.5 Å². The molecule has 0 bridgehead atoms. The van der Waals surface area contributed by atoms with Gasteiger partial charge in [-0.25, -0.2) is 14.6 Å². The van der Waals surface area contributed by atoms with Crippen molar-refractivity contribution in [3.05, 3.63) is 93.4 Å². The average molecular weight is 597 g/mol. The fourth-order valence-electron chi connectivity index (χ4n) is 4.72. The Bertz CT molecular complexity index is 1890. The maximum absolute atomic E-state index is 13.8. The molecule has 0 saturated carbocycles. The number of aromatic nitrogens is 3. The maximum atomic E-state index is 13.8. The predicted molar refractivity (Wildman–Crippen MR) is 149 cm³/mol. The third-order valence-corrected chi connectivity index (χ3v) is 8.21. The van der Waals surface area contributed by atoms with Crippen molar-refractivity contribution in [3.63, 3.8) is 0 Å². The van der Waals surface area contributed by atoms with Crippen LogP contribution in [0.2, 0.25) is 0 Å². The highest BCUT2D eigenvalue weighted by molar-refractivity contribution is 9.10. The summed E-state index contributed by atoms with van der Waals surface area (Å²) in [5, 5.41) is 0. The van der Waals surface area contributed by atoms with Crippen molar-refractivity contribution in [2.24, 2.45) is 19.1 Å². The van der Waals surface area contributed by atoms with Crippen molar-refractivity contribution in [3.8, 4) is 5.75 Å². The molecule has 1 atom stereocenters. The van der Waals surface area contributed by atoms with Crippen LogP contribution < -0.4 is 25.3 Å². The second kappa shape index (κ2) is 9.88. The highest BCUT2D eigenvalue weighted by atomic mass is 79.9. The molecule has 0 radical (unpaired) electrons. The zero-order valence-electron chi connectivity index (χ0n) is 21.4. The van der Waals surface area contributed by atoms with E-state index < -0.39 is 12.0 Å². The lowest BCUT2D eigenvalue weighted by molar-refractivity contribution is -0.139. The van der Waals surface area contributed by atoms with Crippen LogP contribution in [0, 0.1) is 0 Å². The predicted octanol–water partition coefficient (Wildman–Crippen LogP) is 2.76. The Morgan fingerprint density at radius 2 is 1.87 bits per heavy atom. The van der Waals surface area contributed by atoms with Gasteiger partial charge in [0.2, 0.25) is 0 Å². The van der Waals surface area contributed by atoms with Crippen LogP contribution in [0.4, 0.5) is 0 Å². The first-order valence-corrected chi connectivity index (χ1v) is 13.5. The lowest BCUT2D eigenvalue weighted by atomic mass is 9.96. The van der Waals surface area contributed by atoms with Crippen molar-refractivity contribution in [2.45, 2.75) is 19.9 Å². The van der Waals surface area contributed by atoms with E-state index in [-0.39, 0.29) is 17.9 Å². The molecule has 2 aromatic carbocycles. The molecule has 4 aromatic rings. The molecule has 0 saturated heterocycles. The van der Waals surface area contributed by atoms with Crippen LogP contribution in [0.3, 0.4) is 0 Å². The molecular weight excluding hydrogens is 572 g/mol. The van der Waals surface area contributed by atoms with Crippen molar-refractivity contribution in [2.75, 3.05) is 13.7 Å². The summed E-state index contributed by atoms with van der Waals surface area (Å²) in [7, 11) is 5.01. The van der Waals surface area contributed by atoms with E-state index in [9.17, 15) is 14.4 Å². The minimum absolute atomic E-state index is 0.121. The number of fused-ring (bicyclic) bond motifs is 2. The Kier molecular flexibility index (Phi) is 6.74. The fraction of sp³-hybridized carbons (Fsp3) is 0.259. The monoisotopic (exact) mass is 596 g/mol.